The van der Waals surface area contributed by atoms with Crippen molar-refractivity contribution >= 4 is 11.6 Å². The first-order chi connectivity index (χ1) is 13.0. The smallest absolute Gasteiger partial charge is 0.190 e. The molecule has 3 saturated carbocycles. The van der Waals surface area contributed by atoms with E-state index in [-0.39, 0.29) is 18.6 Å². The van der Waals surface area contributed by atoms with E-state index in [0.717, 1.165) is 5.57 Å². The van der Waals surface area contributed by atoms with Crippen LogP contribution in [-0.4, -0.2) is 50.9 Å². The van der Waals surface area contributed by atoms with E-state index in [1.54, 1.807) is 26.0 Å². The molecule has 0 aromatic carbocycles. The fourth-order valence-electron chi connectivity index (χ4n) is 7.31. The molecule has 0 aromatic rings. The number of aliphatic hydroxyl groups excluding tert-OH is 2. The molecule has 0 bridgehead atoms. The number of hydrogen-bond donors (Lipinski definition) is 3. The Morgan fingerprint density at radius 2 is 2.00 bits per heavy atom. The van der Waals surface area contributed by atoms with Gasteiger partial charge in [-0.25, -0.2) is 4.39 Å². The number of carbonyl (C=O) groups excluding carboxylic acids is 2. The van der Waals surface area contributed by atoms with Crippen LogP contribution < -0.4 is 0 Å². The standard InChI is InChI=1S/C22H29FO5/c1-12-9-21(23)15-5-4-13-8-14(25)6-7-19(13,2)18(15)16(26)10-20(21,3)22(12,28)17(27)11-24/h6-8,12,15-16,18,24,26,28H,4-5,9-11H2,1-3H3/t12-,15-,16+,18-,19+,20+,21?,22+/m1/s1. The van der Waals surface area contributed by atoms with Crippen molar-refractivity contribution in [3.63, 3.8) is 0 Å². The fraction of sp³-hybridized carbons (Fsp3) is 0.727. The number of alkyl halides is 1. The van der Waals surface area contributed by atoms with Crippen LogP contribution in [0.15, 0.2) is 23.8 Å². The molecule has 0 aliphatic heterocycles. The summed E-state index contributed by atoms with van der Waals surface area (Å²) in [7, 11) is 0. The number of aliphatic hydroxyl groups is 3. The average molecular weight is 392 g/mol. The summed E-state index contributed by atoms with van der Waals surface area (Å²) in [6.45, 7) is 4.29. The van der Waals surface area contributed by atoms with Crippen molar-refractivity contribution < 1.29 is 29.3 Å². The van der Waals surface area contributed by atoms with Gasteiger partial charge in [0, 0.05) is 22.7 Å². The third kappa shape index (κ3) is 2.06. The predicted octanol–water partition coefficient (Wildman–Crippen LogP) is 1.90. The Kier molecular flexibility index (Phi) is 4.15. The van der Waals surface area contributed by atoms with Crippen LogP contribution in [0, 0.1) is 28.6 Å². The lowest BCUT2D eigenvalue weighted by Gasteiger charge is -2.61. The highest BCUT2D eigenvalue weighted by molar-refractivity contribution is 6.01. The summed E-state index contributed by atoms with van der Waals surface area (Å²) < 4.78 is 16.9. The Labute approximate surface area is 164 Å². The van der Waals surface area contributed by atoms with Crippen LogP contribution in [0.2, 0.25) is 0 Å². The van der Waals surface area contributed by atoms with E-state index in [1.807, 2.05) is 6.92 Å². The van der Waals surface area contributed by atoms with Gasteiger partial charge in [0.2, 0.25) is 0 Å². The van der Waals surface area contributed by atoms with Crippen LogP contribution in [0.25, 0.3) is 0 Å². The molecule has 0 aromatic heterocycles. The van der Waals surface area contributed by atoms with Crippen LogP contribution >= 0.6 is 0 Å². The highest BCUT2D eigenvalue weighted by Gasteiger charge is 2.77. The molecule has 8 atom stereocenters. The highest BCUT2D eigenvalue weighted by atomic mass is 19.1. The van der Waals surface area contributed by atoms with Gasteiger partial charge in [0.05, 0.1) is 6.10 Å². The van der Waals surface area contributed by atoms with E-state index in [4.69, 9.17) is 0 Å². The summed E-state index contributed by atoms with van der Waals surface area (Å²) in [5.41, 5.74) is -5.05. The maximum absolute atomic E-state index is 16.9. The van der Waals surface area contributed by atoms with Crippen molar-refractivity contribution in [2.45, 2.75) is 63.8 Å². The molecule has 1 unspecified atom stereocenters. The van der Waals surface area contributed by atoms with Crippen molar-refractivity contribution in [2.75, 3.05) is 6.61 Å². The summed E-state index contributed by atoms with van der Waals surface area (Å²) in [6.07, 6.45) is 4.88. The molecule has 4 aliphatic carbocycles. The van der Waals surface area contributed by atoms with Gasteiger partial charge in [-0.1, -0.05) is 32.4 Å². The van der Waals surface area contributed by atoms with E-state index < -0.39 is 58.3 Å². The van der Waals surface area contributed by atoms with E-state index >= 15 is 4.39 Å². The monoisotopic (exact) mass is 392 g/mol. The van der Waals surface area contributed by atoms with Gasteiger partial charge < -0.3 is 15.3 Å². The zero-order valence-electron chi connectivity index (χ0n) is 16.6. The molecule has 0 saturated heterocycles. The molecular weight excluding hydrogens is 363 g/mol. The number of halogens is 1. The number of rotatable bonds is 2. The zero-order chi connectivity index (χ0) is 20.7. The Hall–Kier alpha value is -1.37. The Balaban J connectivity index is 1.84. The van der Waals surface area contributed by atoms with Crippen LogP contribution in [0.4, 0.5) is 4.39 Å². The first-order valence-electron chi connectivity index (χ1n) is 10.1. The van der Waals surface area contributed by atoms with E-state index in [2.05, 4.69) is 0 Å². The molecule has 0 amide bonds. The van der Waals surface area contributed by atoms with Crippen LogP contribution in [0.3, 0.4) is 0 Å². The maximum atomic E-state index is 16.9. The largest absolute Gasteiger partial charge is 0.393 e. The van der Waals surface area contributed by atoms with Crippen molar-refractivity contribution in [3.05, 3.63) is 23.8 Å². The van der Waals surface area contributed by atoms with Crippen LogP contribution in [-0.2, 0) is 9.59 Å². The second-order valence-electron chi connectivity index (χ2n) is 9.78. The van der Waals surface area contributed by atoms with Gasteiger partial charge in [-0.2, -0.15) is 0 Å². The minimum atomic E-state index is -2.02. The Bertz CT molecular complexity index is 805. The molecule has 28 heavy (non-hydrogen) atoms. The zero-order valence-corrected chi connectivity index (χ0v) is 16.6. The normalized spacial score (nSPS) is 52.5. The van der Waals surface area contributed by atoms with E-state index in [0.29, 0.717) is 12.8 Å². The second-order valence-corrected chi connectivity index (χ2v) is 9.78. The number of hydrogen-bond acceptors (Lipinski definition) is 5. The SMILES string of the molecule is C[C@@H]1CC2(F)[C@@H]3CCC4=CC(=O)C=C[C@]4(C)[C@H]3[C@@H](O)C[C@]2(C)[C@@]1(O)C(=O)CO. The minimum Gasteiger partial charge on any atom is -0.393 e. The third-order valence-electron chi connectivity index (χ3n) is 8.72. The number of Topliss-reactive ketones (excluding diaryl/α,β-unsaturated/α-hetero) is 1. The van der Waals surface area contributed by atoms with Crippen molar-refractivity contribution in [2.24, 2.45) is 28.6 Å². The van der Waals surface area contributed by atoms with Gasteiger partial charge >= 0.3 is 0 Å². The van der Waals surface area contributed by atoms with Gasteiger partial charge in [0.25, 0.3) is 0 Å². The first kappa shape index (κ1) is 19.9. The number of fused-ring (bicyclic) bond motifs is 5. The lowest BCUT2D eigenvalue weighted by Crippen LogP contribution is -2.68. The van der Waals surface area contributed by atoms with Gasteiger partial charge in [-0.3, -0.25) is 9.59 Å². The summed E-state index contributed by atoms with van der Waals surface area (Å²) in [4.78, 5) is 24.4. The van der Waals surface area contributed by atoms with E-state index in [1.165, 1.54) is 6.08 Å². The quantitative estimate of drug-likeness (QED) is 0.667. The predicted molar refractivity (Wildman–Crippen MR) is 99.9 cm³/mol. The molecular formula is C22H29FO5. The number of carbonyl (C=O) groups is 2. The number of allylic oxidation sites excluding steroid dienone is 4. The molecule has 4 rings (SSSR count). The van der Waals surface area contributed by atoms with Crippen LogP contribution in [0.5, 0.6) is 0 Å². The molecule has 4 aliphatic rings. The van der Waals surface area contributed by atoms with Gasteiger partial charge in [0.1, 0.15) is 17.9 Å². The molecule has 5 nitrogen and oxygen atoms in total. The van der Waals surface area contributed by atoms with Crippen molar-refractivity contribution in [3.8, 4) is 0 Å². The molecule has 3 N–H and O–H groups in total. The Morgan fingerprint density at radius 3 is 2.64 bits per heavy atom. The molecule has 6 heteroatoms. The highest BCUT2D eigenvalue weighted by Crippen LogP contribution is 2.71. The molecule has 0 heterocycles. The first-order valence-corrected chi connectivity index (χ1v) is 10.1. The van der Waals surface area contributed by atoms with Crippen molar-refractivity contribution in [1.82, 2.24) is 0 Å². The van der Waals surface area contributed by atoms with Crippen molar-refractivity contribution in [1.29, 1.82) is 0 Å². The lowest BCUT2D eigenvalue weighted by atomic mass is 9.45. The van der Waals surface area contributed by atoms with Gasteiger partial charge in [0.15, 0.2) is 11.6 Å². The second kappa shape index (κ2) is 5.83. The van der Waals surface area contributed by atoms with Gasteiger partial charge in [-0.15, -0.1) is 0 Å². The third-order valence-corrected chi connectivity index (χ3v) is 8.72. The Morgan fingerprint density at radius 1 is 1.32 bits per heavy atom. The average Bonchev–Trinajstić information content (AvgIpc) is 2.79. The summed E-state index contributed by atoms with van der Waals surface area (Å²) in [5, 5.41) is 32.0. The fourth-order valence-corrected chi connectivity index (χ4v) is 7.31. The molecule has 0 radical (unpaired) electrons. The van der Waals surface area contributed by atoms with Crippen LogP contribution in [0.1, 0.15) is 46.5 Å². The minimum absolute atomic E-state index is 0.0113. The number of ketones is 2. The molecule has 154 valence electrons. The summed E-state index contributed by atoms with van der Waals surface area (Å²) in [6, 6.07) is 0. The topological polar surface area (TPSA) is 94.8 Å². The van der Waals surface area contributed by atoms with Gasteiger partial charge in [-0.05, 0) is 43.8 Å². The van der Waals surface area contributed by atoms with E-state index in [9.17, 15) is 24.9 Å². The molecule has 3 fully saturated rings. The lowest BCUT2D eigenvalue weighted by molar-refractivity contribution is -0.215. The maximum Gasteiger partial charge on any atom is 0.190 e. The molecule has 0 spiro atoms. The summed E-state index contributed by atoms with van der Waals surface area (Å²) in [5.74, 6) is -2.52. The summed E-state index contributed by atoms with van der Waals surface area (Å²) >= 11 is 0.